The smallest absolute Gasteiger partial charge is 0.339 e. The van der Waals surface area contributed by atoms with Gasteiger partial charge in [-0.1, -0.05) is 34.6 Å². The molecule has 35 heavy (non-hydrogen) atoms. The molecule has 0 aromatic carbocycles. The first-order valence-electron chi connectivity index (χ1n) is 13.1. The number of fused-ring (bicyclic) bond motifs is 3. The van der Waals surface area contributed by atoms with E-state index >= 15 is 0 Å². The topological polar surface area (TPSA) is 98.5 Å². The van der Waals surface area contributed by atoms with Crippen LogP contribution >= 0.6 is 0 Å². The van der Waals surface area contributed by atoms with Crippen molar-refractivity contribution < 1.29 is 33.3 Å². The van der Waals surface area contributed by atoms with Crippen LogP contribution in [0.25, 0.3) is 0 Å². The maximum absolute atomic E-state index is 13.3. The van der Waals surface area contributed by atoms with Crippen LogP contribution in [0.15, 0.2) is 23.0 Å². The van der Waals surface area contributed by atoms with E-state index < -0.39 is 40.8 Å². The summed E-state index contributed by atoms with van der Waals surface area (Å²) < 4.78 is 24.1. The second-order valence-electron chi connectivity index (χ2n) is 13.2. The van der Waals surface area contributed by atoms with E-state index in [1.54, 1.807) is 12.5 Å². The summed E-state index contributed by atoms with van der Waals surface area (Å²) in [6.07, 6.45) is 5.33. The molecule has 5 fully saturated rings. The number of epoxide rings is 1. The molecule has 1 N–H and O–H groups in total. The first-order chi connectivity index (χ1) is 16.3. The Balaban J connectivity index is 1.53. The molecule has 3 heterocycles. The highest BCUT2D eigenvalue weighted by Gasteiger charge is 2.88. The van der Waals surface area contributed by atoms with Crippen LogP contribution < -0.4 is 0 Å². The number of esters is 2. The predicted molar refractivity (Wildman–Crippen MR) is 125 cm³/mol. The first kappa shape index (κ1) is 23.5. The van der Waals surface area contributed by atoms with Gasteiger partial charge in [0.25, 0.3) is 0 Å². The summed E-state index contributed by atoms with van der Waals surface area (Å²) in [6.45, 7) is 12.5. The van der Waals surface area contributed by atoms with E-state index in [-0.39, 0.29) is 34.6 Å². The third-order valence-corrected chi connectivity index (χ3v) is 11.5. The molecule has 2 saturated heterocycles. The third kappa shape index (κ3) is 2.59. The number of furan rings is 1. The van der Waals surface area contributed by atoms with E-state index in [2.05, 4.69) is 34.6 Å². The van der Waals surface area contributed by atoms with Crippen LogP contribution in [-0.2, 0) is 23.8 Å². The number of hydrogen-bond acceptors (Lipinski definition) is 7. The van der Waals surface area contributed by atoms with Gasteiger partial charge in [0.2, 0.25) is 0 Å². The molecule has 5 aliphatic rings. The zero-order valence-electron chi connectivity index (χ0n) is 21.6. The molecule has 0 amide bonds. The van der Waals surface area contributed by atoms with Gasteiger partial charge < -0.3 is 23.7 Å². The van der Waals surface area contributed by atoms with E-state index in [4.69, 9.17) is 18.6 Å². The number of rotatable bonds is 2. The molecule has 6 rings (SSSR count). The fourth-order valence-electron chi connectivity index (χ4n) is 9.88. The molecule has 7 heteroatoms. The number of carbonyl (C=O) groups is 2. The first-order valence-corrected chi connectivity index (χ1v) is 13.1. The largest absolute Gasteiger partial charge is 0.472 e. The second kappa shape index (κ2) is 6.91. The third-order valence-electron chi connectivity index (χ3n) is 11.5. The minimum Gasteiger partial charge on any atom is -0.472 e. The quantitative estimate of drug-likeness (QED) is 0.483. The molecule has 0 bridgehead atoms. The Morgan fingerprint density at radius 1 is 1.09 bits per heavy atom. The lowest BCUT2D eigenvalue weighted by Gasteiger charge is -2.70. The van der Waals surface area contributed by atoms with E-state index in [0.717, 1.165) is 31.2 Å². The highest BCUT2D eigenvalue weighted by Crippen LogP contribution is 2.80. The second-order valence-corrected chi connectivity index (χ2v) is 13.2. The van der Waals surface area contributed by atoms with Crippen molar-refractivity contribution >= 4 is 11.9 Å². The van der Waals surface area contributed by atoms with Gasteiger partial charge in [0.15, 0.2) is 6.10 Å². The van der Waals surface area contributed by atoms with Crippen molar-refractivity contribution in [2.45, 2.75) is 104 Å². The van der Waals surface area contributed by atoms with Crippen LogP contribution in [0, 0.1) is 33.5 Å². The van der Waals surface area contributed by atoms with Crippen molar-refractivity contribution in [2.75, 3.05) is 0 Å². The molecule has 192 valence electrons. The Kier molecular flexibility index (Phi) is 4.65. The Bertz CT molecular complexity index is 1060. The summed E-state index contributed by atoms with van der Waals surface area (Å²) in [5.41, 5.74) is -1.42. The molecule has 1 aromatic heterocycles. The fraction of sp³-hybridized carbons (Fsp3) is 0.786. The van der Waals surface area contributed by atoms with Crippen LogP contribution in [0.3, 0.4) is 0 Å². The van der Waals surface area contributed by atoms with Crippen molar-refractivity contribution in [3.05, 3.63) is 24.2 Å². The van der Waals surface area contributed by atoms with Gasteiger partial charge in [0, 0.05) is 23.3 Å². The number of carbonyl (C=O) groups excluding carboxylic acids is 2. The summed E-state index contributed by atoms with van der Waals surface area (Å²) in [5.74, 6) is -0.319. The van der Waals surface area contributed by atoms with Gasteiger partial charge in [-0.05, 0) is 60.8 Å². The van der Waals surface area contributed by atoms with Crippen molar-refractivity contribution in [3.8, 4) is 0 Å². The van der Waals surface area contributed by atoms with Crippen LogP contribution in [0.1, 0.15) is 85.3 Å². The Hall–Kier alpha value is -1.86. The van der Waals surface area contributed by atoms with Crippen LogP contribution in [0.2, 0.25) is 0 Å². The van der Waals surface area contributed by atoms with Gasteiger partial charge >= 0.3 is 11.9 Å². The van der Waals surface area contributed by atoms with Gasteiger partial charge in [-0.25, -0.2) is 4.79 Å². The van der Waals surface area contributed by atoms with Crippen molar-refractivity contribution in [3.63, 3.8) is 0 Å². The minimum absolute atomic E-state index is 0.0762. The summed E-state index contributed by atoms with van der Waals surface area (Å²) >= 11 is 0. The molecular weight excluding hydrogens is 448 g/mol. The number of aliphatic hydroxyl groups is 1. The molecule has 1 aromatic rings. The molecule has 3 aliphatic carbocycles. The van der Waals surface area contributed by atoms with Gasteiger partial charge in [0.1, 0.15) is 17.8 Å². The van der Waals surface area contributed by atoms with E-state index in [1.165, 1.54) is 6.92 Å². The number of ether oxygens (including phenoxy) is 3. The minimum atomic E-state index is -0.797. The summed E-state index contributed by atoms with van der Waals surface area (Å²) in [4.78, 5) is 25.7. The van der Waals surface area contributed by atoms with Gasteiger partial charge in [-0.2, -0.15) is 0 Å². The van der Waals surface area contributed by atoms with E-state index in [1.807, 2.05) is 6.07 Å². The summed E-state index contributed by atoms with van der Waals surface area (Å²) in [7, 11) is 0. The van der Waals surface area contributed by atoms with Crippen LogP contribution in [0.5, 0.6) is 0 Å². The number of cyclic esters (lactones) is 1. The highest BCUT2D eigenvalue weighted by atomic mass is 16.7. The maximum Gasteiger partial charge on any atom is 0.339 e. The van der Waals surface area contributed by atoms with Crippen molar-refractivity contribution in [2.24, 2.45) is 33.5 Å². The molecule has 7 nitrogen and oxygen atoms in total. The normalized spacial score (nSPS) is 51.7. The predicted octanol–water partition coefficient (Wildman–Crippen LogP) is 4.58. The van der Waals surface area contributed by atoms with Crippen molar-refractivity contribution in [1.82, 2.24) is 0 Å². The monoisotopic (exact) mass is 486 g/mol. The van der Waals surface area contributed by atoms with Crippen LogP contribution in [0.4, 0.5) is 0 Å². The zero-order chi connectivity index (χ0) is 25.2. The summed E-state index contributed by atoms with van der Waals surface area (Å²) in [5, 5.41) is 11.0. The van der Waals surface area contributed by atoms with Gasteiger partial charge in [0.05, 0.1) is 18.6 Å². The molecular formula is C28H38O7. The Morgan fingerprint density at radius 2 is 1.83 bits per heavy atom. The molecule has 1 spiro atoms. The van der Waals surface area contributed by atoms with Crippen LogP contribution in [-0.4, -0.2) is 41.0 Å². The summed E-state index contributed by atoms with van der Waals surface area (Å²) in [6, 6.07) is 1.86. The molecule has 2 aliphatic heterocycles. The van der Waals surface area contributed by atoms with Crippen molar-refractivity contribution in [1.29, 1.82) is 0 Å². The highest BCUT2D eigenvalue weighted by molar-refractivity contribution is 5.82. The lowest BCUT2D eigenvalue weighted by atomic mass is 9.34. The average molecular weight is 487 g/mol. The SMILES string of the molecule is CC(=O)O[C@H]1CC2C(C)(C)[C@@H](O)CC[C@]2(C)C2CC[C@@]3(C)[C@H](c4ccoc4)OC(=O)C4OC43[C@@]21C. The standard InChI is InChI=1S/C28H38O7/c1-15(29)33-20-13-18-24(2,3)19(30)8-10-25(18,4)17-7-11-26(5)21(16-9-12-32-14-16)34-23(31)22-28(26,35-22)27(17,20)6/h9,12,14,17-22,30H,7-8,10-11,13H2,1-6H3/t17?,18?,19-,20-,21-,22?,25+,26-,27-,28?/m0/s1. The van der Waals surface area contributed by atoms with Gasteiger partial charge in [-0.15, -0.1) is 0 Å². The Morgan fingerprint density at radius 3 is 2.49 bits per heavy atom. The fourth-order valence-corrected chi connectivity index (χ4v) is 9.88. The molecule has 0 radical (unpaired) electrons. The molecule has 3 saturated carbocycles. The lowest BCUT2D eigenvalue weighted by molar-refractivity contribution is -0.275. The number of hydrogen-bond donors (Lipinski definition) is 1. The van der Waals surface area contributed by atoms with E-state index in [9.17, 15) is 14.7 Å². The average Bonchev–Trinajstić information content (AvgIpc) is 3.35. The maximum atomic E-state index is 13.3. The molecule has 10 atom stereocenters. The number of aliphatic hydroxyl groups excluding tert-OH is 1. The molecule has 4 unspecified atom stereocenters. The Labute approximate surface area is 206 Å². The lowest BCUT2D eigenvalue weighted by Crippen LogP contribution is -2.73. The van der Waals surface area contributed by atoms with Gasteiger partial charge in [-0.3, -0.25) is 4.79 Å². The van der Waals surface area contributed by atoms with E-state index in [0.29, 0.717) is 6.42 Å². The zero-order valence-corrected chi connectivity index (χ0v) is 21.6.